The van der Waals surface area contributed by atoms with Gasteiger partial charge in [0.05, 0.1) is 10.9 Å². The fraction of sp³-hybridized carbons (Fsp3) is 0.160. The van der Waals surface area contributed by atoms with Gasteiger partial charge in [0.2, 0.25) is 0 Å². The number of rotatable bonds is 5. The summed E-state index contributed by atoms with van der Waals surface area (Å²) in [6.45, 7) is 4.46. The van der Waals surface area contributed by atoms with Gasteiger partial charge in [-0.1, -0.05) is 36.4 Å². The molecular formula is C25H23N3O2S. The lowest BCUT2D eigenvalue weighted by Gasteiger charge is -2.10. The highest BCUT2D eigenvalue weighted by Crippen LogP contribution is 2.17. The van der Waals surface area contributed by atoms with Crippen LogP contribution in [0.1, 0.15) is 27.0 Å². The van der Waals surface area contributed by atoms with E-state index in [2.05, 4.69) is 16.4 Å². The number of nitrogens with one attached hydrogen (secondary N) is 2. The SMILES string of the molecule is Cc1cc(C)cc(NC(=O)c2ccc3c(=O)n(CCc4ccccc4)c(=S)[nH]c3c2)c1. The van der Waals surface area contributed by atoms with Crippen LogP contribution in [-0.2, 0) is 13.0 Å². The van der Waals surface area contributed by atoms with Crippen LogP contribution in [0.25, 0.3) is 10.9 Å². The van der Waals surface area contributed by atoms with Crippen LogP contribution in [0.5, 0.6) is 0 Å². The Morgan fingerprint density at radius 2 is 1.71 bits per heavy atom. The maximum absolute atomic E-state index is 13.0. The maximum Gasteiger partial charge on any atom is 0.262 e. The minimum Gasteiger partial charge on any atom is -0.332 e. The molecule has 156 valence electrons. The molecule has 31 heavy (non-hydrogen) atoms. The molecule has 0 aliphatic carbocycles. The van der Waals surface area contributed by atoms with Gasteiger partial charge in [-0.2, -0.15) is 0 Å². The van der Waals surface area contributed by atoms with E-state index in [0.717, 1.165) is 22.4 Å². The molecule has 6 heteroatoms. The topological polar surface area (TPSA) is 66.9 Å². The Balaban J connectivity index is 1.61. The van der Waals surface area contributed by atoms with E-state index < -0.39 is 0 Å². The molecule has 0 unspecified atom stereocenters. The van der Waals surface area contributed by atoms with Gasteiger partial charge in [0, 0.05) is 17.8 Å². The molecule has 0 spiro atoms. The van der Waals surface area contributed by atoms with Crippen molar-refractivity contribution in [2.45, 2.75) is 26.8 Å². The third-order valence-electron chi connectivity index (χ3n) is 5.19. The molecule has 0 bridgehead atoms. The number of carbonyl (C=O) groups is 1. The number of amides is 1. The highest BCUT2D eigenvalue weighted by atomic mass is 32.1. The van der Waals surface area contributed by atoms with Gasteiger partial charge >= 0.3 is 0 Å². The van der Waals surface area contributed by atoms with E-state index >= 15 is 0 Å². The first-order valence-corrected chi connectivity index (χ1v) is 10.5. The zero-order valence-electron chi connectivity index (χ0n) is 17.4. The van der Waals surface area contributed by atoms with Crippen molar-refractivity contribution in [3.8, 4) is 0 Å². The van der Waals surface area contributed by atoms with E-state index in [-0.39, 0.29) is 11.5 Å². The van der Waals surface area contributed by atoms with Crippen molar-refractivity contribution in [2.24, 2.45) is 0 Å². The van der Waals surface area contributed by atoms with Gasteiger partial charge in [-0.25, -0.2) is 0 Å². The van der Waals surface area contributed by atoms with Crippen LogP contribution >= 0.6 is 12.2 Å². The summed E-state index contributed by atoms with van der Waals surface area (Å²) >= 11 is 5.43. The van der Waals surface area contributed by atoms with Crippen molar-refractivity contribution >= 4 is 34.7 Å². The quantitative estimate of drug-likeness (QED) is 0.430. The van der Waals surface area contributed by atoms with Crippen molar-refractivity contribution in [1.82, 2.24) is 9.55 Å². The normalized spacial score (nSPS) is 10.9. The Bertz CT molecular complexity index is 1370. The van der Waals surface area contributed by atoms with Gasteiger partial charge in [-0.05, 0) is 79.5 Å². The average molecular weight is 430 g/mol. The summed E-state index contributed by atoms with van der Waals surface area (Å²) in [6.07, 6.45) is 0.708. The molecule has 1 amide bonds. The summed E-state index contributed by atoms with van der Waals surface area (Å²) in [4.78, 5) is 28.8. The molecule has 1 aromatic heterocycles. The third-order valence-corrected chi connectivity index (χ3v) is 5.51. The Morgan fingerprint density at radius 3 is 2.42 bits per heavy atom. The first kappa shape index (κ1) is 20.8. The first-order valence-electron chi connectivity index (χ1n) is 10.1. The number of anilines is 1. The van der Waals surface area contributed by atoms with Crippen molar-refractivity contribution in [3.63, 3.8) is 0 Å². The summed E-state index contributed by atoms with van der Waals surface area (Å²) in [5.74, 6) is -0.237. The molecule has 0 atom stereocenters. The molecule has 0 saturated carbocycles. The molecule has 3 aromatic carbocycles. The Hall–Kier alpha value is -3.51. The largest absolute Gasteiger partial charge is 0.332 e. The van der Waals surface area contributed by atoms with Gasteiger partial charge in [-0.15, -0.1) is 0 Å². The molecule has 0 radical (unpaired) electrons. The number of aryl methyl sites for hydroxylation is 3. The number of aromatic amines is 1. The highest BCUT2D eigenvalue weighted by Gasteiger charge is 2.11. The van der Waals surface area contributed by atoms with E-state index in [1.807, 2.05) is 56.3 Å². The maximum atomic E-state index is 13.0. The molecule has 0 aliphatic heterocycles. The lowest BCUT2D eigenvalue weighted by Crippen LogP contribution is -2.23. The summed E-state index contributed by atoms with van der Waals surface area (Å²) in [7, 11) is 0. The molecule has 0 saturated heterocycles. The van der Waals surface area contributed by atoms with Gasteiger partial charge in [0.15, 0.2) is 4.77 Å². The molecule has 0 fully saturated rings. The van der Waals surface area contributed by atoms with Crippen molar-refractivity contribution in [1.29, 1.82) is 0 Å². The van der Waals surface area contributed by atoms with Gasteiger partial charge in [-0.3, -0.25) is 14.2 Å². The number of H-pyrrole nitrogens is 1. The number of fused-ring (bicyclic) bond motifs is 1. The van der Waals surface area contributed by atoms with E-state index in [4.69, 9.17) is 12.2 Å². The third kappa shape index (κ3) is 4.64. The van der Waals surface area contributed by atoms with Gasteiger partial charge in [0.25, 0.3) is 11.5 Å². The molecule has 4 rings (SSSR count). The number of nitrogens with zero attached hydrogens (tertiary/aromatic N) is 1. The van der Waals surface area contributed by atoms with E-state index in [9.17, 15) is 9.59 Å². The number of benzene rings is 3. The van der Waals surface area contributed by atoms with Crippen LogP contribution in [0.15, 0.2) is 71.5 Å². The summed E-state index contributed by atoms with van der Waals surface area (Å²) in [5, 5.41) is 3.43. The fourth-order valence-electron chi connectivity index (χ4n) is 3.73. The lowest BCUT2D eigenvalue weighted by molar-refractivity contribution is 0.102. The van der Waals surface area contributed by atoms with Crippen LogP contribution in [0.2, 0.25) is 0 Å². The number of hydrogen-bond acceptors (Lipinski definition) is 3. The number of hydrogen-bond donors (Lipinski definition) is 2. The number of carbonyl (C=O) groups excluding carboxylic acids is 1. The Morgan fingerprint density at radius 1 is 1.00 bits per heavy atom. The summed E-state index contributed by atoms with van der Waals surface area (Å²) < 4.78 is 1.92. The Kier molecular flexibility index (Phi) is 5.82. The zero-order chi connectivity index (χ0) is 22.0. The number of aromatic nitrogens is 2. The average Bonchev–Trinajstić information content (AvgIpc) is 2.73. The van der Waals surface area contributed by atoms with Crippen molar-refractivity contribution < 1.29 is 4.79 Å². The second-order valence-corrected chi connectivity index (χ2v) is 8.10. The highest BCUT2D eigenvalue weighted by molar-refractivity contribution is 7.71. The van der Waals surface area contributed by atoms with Crippen LogP contribution in [-0.4, -0.2) is 15.5 Å². The second kappa shape index (κ2) is 8.70. The van der Waals surface area contributed by atoms with Crippen LogP contribution in [0, 0.1) is 18.6 Å². The van der Waals surface area contributed by atoms with E-state index in [1.54, 1.807) is 22.8 Å². The van der Waals surface area contributed by atoms with Crippen LogP contribution in [0.4, 0.5) is 5.69 Å². The van der Waals surface area contributed by atoms with Crippen molar-refractivity contribution in [2.75, 3.05) is 5.32 Å². The monoisotopic (exact) mass is 429 g/mol. The molecular weight excluding hydrogens is 406 g/mol. The van der Waals surface area contributed by atoms with Gasteiger partial charge < -0.3 is 10.3 Å². The van der Waals surface area contributed by atoms with Crippen molar-refractivity contribution in [3.05, 3.63) is 104 Å². The predicted molar refractivity (Wildman–Crippen MR) is 127 cm³/mol. The molecule has 0 aliphatic rings. The van der Waals surface area contributed by atoms with E-state index in [0.29, 0.717) is 34.2 Å². The molecule has 2 N–H and O–H groups in total. The fourth-order valence-corrected chi connectivity index (χ4v) is 4.02. The minimum absolute atomic E-state index is 0.157. The predicted octanol–water partition coefficient (Wildman–Crippen LogP) is 5.17. The minimum atomic E-state index is -0.237. The van der Waals surface area contributed by atoms with Crippen LogP contribution in [0.3, 0.4) is 0 Å². The standard InChI is InChI=1S/C25H23N3O2S/c1-16-12-17(2)14-20(13-16)26-23(29)19-8-9-21-22(15-19)27-25(31)28(24(21)30)11-10-18-6-4-3-5-7-18/h3-9,12-15H,10-11H2,1-2H3,(H,26,29)(H,27,31). The van der Waals surface area contributed by atoms with Gasteiger partial charge in [0.1, 0.15) is 0 Å². The molecule has 1 heterocycles. The summed E-state index contributed by atoms with van der Waals surface area (Å²) in [5.41, 5.74) is 4.89. The second-order valence-electron chi connectivity index (χ2n) is 7.71. The van der Waals surface area contributed by atoms with E-state index in [1.165, 1.54) is 0 Å². The van der Waals surface area contributed by atoms with Crippen LogP contribution < -0.4 is 10.9 Å². The zero-order valence-corrected chi connectivity index (χ0v) is 18.3. The summed E-state index contributed by atoms with van der Waals surface area (Å²) in [6, 6.07) is 20.9. The molecule has 4 aromatic rings. The smallest absolute Gasteiger partial charge is 0.262 e. The lowest BCUT2D eigenvalue weighted by atomic mass is 10.1. The Labute approximate surface area is 185 Å². The molecule has 5 nitrogen and oxygen atoms in total. The first-order chi connectivity index (χ1) is 14.9.